The molecule has 0 saturated carbocycles. The Bertz CT molecular complexity index is 579. The van der Waals surface area contributed by atoms with Crippen LogP contribution in [0.5, 0.6) is 0 Å². The number of nitrogens with zero attached hydrogens (tertiary/aromatic N) is 2. The molecule has 2 heteroatoms. The average Bonchev–Trinajstić information content (AvgIpc) is 2.67. The molecule has 0 fully saturated rings. The van der Waals surface area contributed by atoms with Crippen molar-refractivity contribution < 1.29 is 0 Å². The highest BCUT2D eigenvalue weighted by molar-refractivity contribution is 5.82. The van der Waals surface area contributed by atoms with Crippen molar-refractivity contribution in [1.82, 2.24) is 0 Å². The molecule has 2 nitrogen and oxygen atoms in total. The van der Waals surface area contributed by atoms with Gasteiger partial charge in [-0.25, -0.2) is 0 Å². The number of diazo groups is 1. The van der Waals surface area contributed by atoms with E-state index >= 15 is 0 Å². The van der Waals surface area contributed by atoms with Crippen molar-refractivity contribution in [3.05, 3.63) is 58.6 Å². The van der Waals surface area contributed by atoms with Gasteiger partial charge in [0.1, 0.15) is 0 Å². The molecule has 1 aliphatic carbocycles. The summed E-state index contributed by atoms with van der Waals surface area (Å²) in [5, 5.41) is 8.91. The summed E-state index contributed by atoms with van der Waals surface area (Å²) in [6, 6.07) is 14.2. The number of hydrogen-bond acceptors (Lipinski definition) is 1. The zero-order chi connectivity index (χ0) is 10.3. The lowest BCUT2D eigenvalue weighted by Crippen LogP contribution is -1.79. The fraction of sp³-hybridized carbons (Fsp3) is 0.0769. The molecule has 0 heterocycles. The average molecular weight is 193 g/mol. The zero-order valence-electron chi connectivity index (χ0n) is 8.14. The van der Waals surface area contributed by atoms with Gasteiger partial charge in [0.25, 0.3) is 0 Å². The van der Waals surface area contributed by atoms with Crippen molar-refractivity contribution in [3.63, 3.8) is 0 Å². The molecule has 70 valence electrons. The summed E-state index contributed by atoms with van der Waals surface area (Å²) in [5.41, 5.74) is 5.58. The molecule has 2 aromatic rings. The Kier molecular flexibility index (Phi) is 1.60. The summed E-state index contributed by atoms with van der Waals surface area (Å²) in [4.78, 5) is 3.33. The number of hydrogen-bond donors (Lipinski definition) is 0. The van der Waals surface area contributed by atoms with Crippen LogP contribution in [-0.4, -0.2) is 0 Å². The van der Waals surface area contributed by atoms with Gasteiger partial charge in [0.15, 0.2) is 4.98 Å². The highest BCUT2D eigenvalue weighted by Gasteiger charge is 2.25. The monoisotopic (exact) mass is 193 g/mol. The van der Waals surface area contributed by atoms with Crippen molar-refractivity contribution in [2.45, 2.75) is 6.42 Å². The molecule has 0 amide bonds. The maximum absolute atomic E-state index is 8.91. The third kappa shape index (κ3) is 1.07. The van der Waals surface area contributed by atoms with Crippen LogP contribution in [0.2, 0.25) is 0 Å². The van der Waals surface area contributed by atoms with Gasteiger partial charge < -0.3 is 0 Å². The van der Waals surface area contributed by atoms with Crippen LogP contribution in [0.4, 0.5) is 5.69 Å². The van der Waals surface area contributed by atoms with Crippen LogP contribution in [0.3, 0.4) is 0 Å². The molecular formula is C13H9N2+. The summed E-state index contributed by atoms with van der Waals surface area (Å²) < 4.78 is 0. The molecule has 1 aliphatic rings. The highest BCUT2D eigenvalue weighted by Crippen LogP contribution is 2.40. The zero-order valence-corrected chi connectivity index (χ0v) is 8.14. The Morgan fingerprint density at radius 3 is 2.60 bits per heavy atom. The lowest BCUT2D eigenvalue weighted by molar-refractivity contribution is 1.26. The highest BCUT2D eigenvalue weighted by atomic mass is 14.9. The van der Waals surface area contributed by atoms with E-state index in [-0.39, 0.29) is 0 Å². The first kappa shape index (κ1) is 8.19. The Hall–Kier alpha value is -2.14. The largest absolute Gasteiger partial charge is 0.389 e. The predicted molar refractivity (Wildman–Crippen MR) is 59.4 cm³/mol. The lowest BCUT2D eigenvalue weighted by Gasteiger charge is -1.97. The van der Waals surface area contributed by atoms with Gasteiger partial charge in [-0.1, -0.05) is 36.4 Å². The third-order valence-corrected chi connectivity index (χ3v) is 2.93. The molecule has 0 saturated heterocycles. The van der Waals surface area contributed by atoms with Crippen LogP contribution in [0.1, 0.15) is 11.1 Å². The fourth-order valence-electron chi connectivity index (χ4n) is 2.23. The fourth-order valence-corrected chi connectivity index (χ4v) is 2.23. The van der Waals surface area contributed by atoms with E-state index in [1.54, 1.807) is 0 Å². The molecule has 0 N–H and O–H groups in total. The molecule has 0 spiro atoms. The molecule has 3 rings (SSSR count). The quantitative estimate of drug-likeness (QED) is 0.500. The Labute approximate surface area is 87.8 Å². The van der Waals surface area contributed by atoms with Crippen LogP contribution in [-0.2, 0) is 6.42 Å². The summed E-state index contributed by atoms with van der Waals surface area (Å²) in [6.07, 6.45) is 0.867. The lowest BCUT2D eigenvalue weighted by atomic mass is 10.1. The number of rotatable bonds is 0. The van der Waals surface area contributed by atoms with Crippen molar-refractivity contribution >= 4 is 5.69 Å². The van der Waals surface area contributed by atoms with Gasteiger partial charge in [0.2, 0.25) is 5.39 Å². The first-order valence-electron chi connectivity index (χ1n) is 4.95. The number of fused-ring (bicyclic) bond motifs is 3. The van der Waals surface area contributed by atoms with Crippen molar-refractivity contribution in [1.29, 1.82) is 5.39 Å². The van der Waals surface area contributed by atoms with E-state index in [0.29, 0.717) is 5.69 Å². The second kappa shape index (κ2) is 2.93. The predicted octanol–water partition coefficient (Wildman–Crippen LogP) is 3.74. The van der Waals surface area contributed by atoms with Crippen molar-refractivity contribution in [3.8, 4) is 11.1 Å². The molecule has 15 heavy (non-hydrogen) atoms. The van der Waals surface area contributed by atoms with E-state index in [1.807, 2.05) is 24.3 Å². The molecule has 0 bridgehead atoms. The Balaban J connectivity index is 2.32. The topological polar surface area (TPSA) is 28.1 Å². The van der Waals surface area contributed by atoms with E-state index < -0.39 is 0 Å². The van der Waals surface area contributed by atoms with Gasteiger partial charge in [-0.3, -0.25) is 0 Å². The maximum atomic E-state index is 8.91. The van der Waals surface area contributed by atoms with Gasteiger partial charge >= 0.3 is 5.69 Å². The van der Waals surface area contributed by atoms with Crippen LogP contribution in [0.25, 0.3) is 16.1 Å². The minimum atomic E-state index is 0.684. The minimum absolute atomic E-state index is 0.684. The molecular weight excluding hydrogens is 184 g/mol. The van der Waals surface area contributed by atoms with Gasteiger partial charge in [0, 0.05) is 12.5 Å². The van der Waals surface area contributed by atoms with Crippen molar-refractivity contribution in [2.75, 3.05) is 0 Å². The second-order valence-corrected chi connectivity index (χ2v) is 3.74. The first-order valence-corrected chi connectivity index (χ1v) is 4.95. The summed E-state index contributed by atoms with van der Waals surface area (Å²) in [7, 11) is 0. The van der Waals surface area contributed by atoms with E-state index in [2.05, 4.69) is 23.2 Å². The number of benzene rings is 2. The van der Waals surface area contributed by atoms with Gasteiger partial charge in [-0.15, -0.1) is 0 Å². The van der Waals surface area contributed by atoms with E-state index in [1.165, 1.54) is 16.7 Å². The van der Waals surface area contributed by atoms with E-state index in [0.717, 1.165) is 12.0 Å². The van der Waals surface area contributed by atoms with E-state index in [4.69, 9.17) is 5.39 Å². The van der Waals surface area contributed by atoms with Crippen LogP contribution < -0.4 is 0 Å². The van der Waals surface area contributed by atoms with Crippen LogP contribution >= 0.6 is 0 Å². The Morgan fingerprint density at radius 2 is 1.73 bits per heavy atom. The molecule has 0 unspecified atom stereocenters. The Morgan fingerprint density at radius 1 is 0.933 bits per heavy atom. The molecule has 2 aromatic carbocycles. The smallest absolute Gasteiger partial charge is 0.0619 e. The van der Waals surface area contributed by atoms with E-state index in [9.17, 15) is 0 Å². The standard InChI is InChI=1S/C13H9N2/c14-15-13-7-3-6-11-10-5-2-1-4-9(10)8-12(11)13/h1-7H,8H2/q+1. The summed E-state index contributed by atoms with van der Waals surface area (Å²) >= 11 is 0. The maximum Gasteiger partial charge on any atom is 0.389 e. The van der Waals surface area contributed by atoms with Crippen molar-refractivity contribution in [2.24, 2.45) is 0 Å². The molecule has 0 radical (unpaired) electrons. The van der Waals surface area contributed by atoms with Crippen LogP contribution in [0.15, 0.2) is 42.5 Å². The van der Waals surface area contributed by atoms with Crippen LogP contribution in [0, 0.1) is 5.39 Å². The third-order valence-electron chi connectivity index (χ3n) is 2.93. The second-order valence-electron chi connectivity index (χ2n) is 3.74. The SMILES string of the molecule is N#[N+]c1cccc2c1Cc1ccccc1-2. The summed E-state index contributed by atoms with van der Waals surface area (Å²) in [5.74, 6) is 0. The normalized spacial score (nSPS) is 11.7. The van der Waals surface area contributed by atoms with Gasteiger partial charge in [0.05, 0.1) is 5.56 Å². The first-order chi connectivity index (χ1) is 7.40. The van der Waals surface area contributed by atoms with Gasteiger partial charge in [-0.2, -0.15) is 0 Å². The molecule has 0 aromatic heterocycles. The summed E-state index contributed by atoms with van der Waals surface area (Å²) in [6.45, 7) is 0. The van der Waals surface area contributed by atoms with Gasteiger partial charge in [-0.05, 0) is 16.7 Å². The molecule has 0 atom stereocenters. The molecule has 0 aliphatic heterocycles. The minimum Gasteiger partial charge on any atom is -0.0619 e.